The van der Waals surface area contributed by atoms with E-state index in [1.807, 2.05) is 0 Å². The predicted octanol–water partition coefficient (Wildman–Crippen LogP) is 0.627. The number of thiocarbonyl (C=S) groups is 1. The number of carbonyl (C=O) groups excluding carboxylic acids is 2. The molecule has 1 heterocycles. The Morgan fingerprint density at radius 2 is 1.45 bits per heavy atom. The first-order chi connectivity index (χ1) is 10.5. The maximum Gasteiger partial charge on any atom is 0.263 e. The number of ether oxygens (including phenoxy) is 3. The summed E-state index contributed by atoms with van der Waals surface area (Å²) in [7, 11) is 4.44. The molecule has 2 amide bonds. The van der Waals surface area contributed by atoms with Gasteiger partial charge in [-0.05, 0) is 18.3 Å². The topological polar surface area (TPSA) is 85.9 Å². The highest BCUT2D eigenvalue weighted by Gasteiger charge is 2.27. The van der Waals surface area contributed by atoms with E-state index in [2.05, 4.69) is 10.6 Å². The third-order valence-electron chi connectivity index (χ3n) is 2.99. The first kappa shape index (κ1) is 15.8. The molecule has 22 heavy (non-hydrogen) atoms. The summed E-state index contributed by atoms with van der Waals surface area (Å²) in [5, 5.41) is 4.70. The van der Waals surface area contributed by atoms with Gasteiger partial charge in [0.15, 0.2) is 5.11 Å². The molecule has 1 aliphatic rings. The maximum absolute atomic E-state index is 11.9. The lowest BCUT2D eigenvalue weighted by atomic mass is 10.1. The van der Waals surface area contributed by atoms with Gasteiger partial charge in [0, 0.05) is 12.1 Å². The standard InChI is InChI=1S/C14H14N2O5S/c1-19-7-4-10(20-2)8(11(5-7)21-3)6-9-12(17)15-14(22)16-13(9)18/h4-6H,1-3H3,(H2,15,16,17,18,22). The monoisotopic (exact) mass is 322 g/mol. The Hall–Kier alpha value is -2.61. The third-order valence-corrected chi connectivity index (χ3v) is 3.19. The Bertz CT molecular complexity index is 637. The van der Waals surface area contributed by atoms with Gasteiger partial charge in [-0.25, -0.2) is 0 Å². The summed E-state index contributed by atoms with van der Waals surface area (Å²) < 4.78 is 15.7. The van der Waals surface area contributed by atoms with E-state index in [1.165, 1.54) is 27.4 Å². The minimum absolute atomic E-state index is 0.0270. The van der Waals surface area contributed by atoms with E-state index in [-0.39, 0.29) is 10.7 Å². The fourth-order valence-electron chi connectivity index (χ4n) is 1.93. The van der Waals surface area contributed by atoms with Gasteiger partial charge in [-0.15, -0.1) is 0 Å². The molecule has 0 radical (unpaired) electrons. The number of carbonyl (C=O) groups is 2. The van der Waals surface area contributed by atoms with Crippen molar-refractivity contribution < 1.29 is 23.8 Å². The largest absolute Gasteiger partial charge is 0.496 e. The van der Waals surface area contributed by atoms with Crippen molar-refractivity contribution in [3.8, 4) is 17.2 Å². The molecular weight excluding hydrogens is 308 g/mol. The second-order valence-electron chi connectivity index (χ2n) is 4.24. The lowest BCUT2D eigenvalue weighted by Crippen LogP contribution is -2.51. The van der Waals surface area contributed by atoms with Crippen molar-refractivity contribution in [2.24, 2.45) is 0 Å². The van der Waals surface area contributed by atoms with Crippen LogP contribution in [-0.2, 0) is 9.59 Å². The van der Waals surface area contributed by atoms with E-state index in [9.17, 15) is 9.59 Å². The molecule has 1 aliphatic heterocycles. The van der Waals surface area contributed by atoms with Gasteiger partial charge >= 0.3 is 0 Å². The van der Waals surface area contributed by atoms with Crippen LogP contribution < -0.4 is 24.8 Å². The van der Waals surface area contributed by atoms with Crippen LogP contribution >= 0.6 is 12.2 Å². The van der Waals surface area contributed by atoms with Crippen molar-refractivity contribution in [2.45, 2.75) is 0 Å². The highest BCUT2D eigenvalue weighted by Crippen LogP contribution is 2.35. The Kier molecular flexibility index (Phi) is 4.62. The predicted molar refractivity (Wildman–Crippen MR) is 83.0 cm³/mol. The number of nitrogens with one attached hydrogen (secondary N) is 2. The van der Waals surface area contributed by atoms with Crippen LogP contribution in [0.1, 0.15) is 5.56 Å². The van der Waals surface area contributed by atoms with Crippen LogP contribution in [0.5, 0.6) is 17.2 Å². The number of rotatable bonds is 4. The zero-order chi connectivity index (χ0) is 16.3. The molecule has 0 aromatic heterocycles. The van der Waals surface area contributed by atoms with E-state index in [1.54, 1.807) is 12.1 Å². The summed E-state index contributed by atoms with van der Waals surface area (Å²) in [6, 6.07) is 3.25. The van der Waals surface area contributed by atoms with Crippen LogP contribution in [0.25, 0.3) is 6.08 Å². The smallest absolute Gasteiger partial charge is 0.263 e. The number of hydrogen-bond donors (Lipinski definition) is 2. The second-order valence-corrected chi connectivity index (χ2v) is 4.65. The van der Waals surface area contributed by atoms with Gasteiger partial charge in [0.05, 0.1) is 26.9 Å². The molecule has 8 heteroatoms. The summed E-state index contributed by atoms with van der Waals surface area (Å²) in [5.74, 6) is 0.145. The summed E-state index contributed by atoms with van der Waals surface area (Å²) in [6.45, 7) is 0. The molecule has 0 bridgehead atoms. The quantitative estimate of drug-likeness (QED) is 0.480. The molecule has 0 spiro atoms. The van der Waals surface area contributed by atoms with Gasteiger partial charge in [0.2, 0.25) is 0 Å². The highest BCUT2D eigenvalue weighted by atomic mass is 32.1. The zero-order valence-electron chi connectivity index (χ0n) is 12.2. The molecule has 1 aromatic rings. The molecule has 1 aromatic carbocycles. The van der Waals surface area contributed by atoms with Gasteiger partial charge in [-0.1, -0.05) is 0 Å². The molecule has 0 unspecified atom stereocenters. The molecule has 1 fully saturated rings. The number of benzene rings is 1. The number of methoxy groups -OCH3 is 3. The molecule has 116 valence electrons. The summed E-state index contributed by atoms with van der Waals surface area (Å²) in [5.41, 5.74) is 0.342. The van der Waals surface area contributed by atoms with Gasteiger partial charge in [-0.3, -0.25) is 20.2 Å². The Labute approximate surface area is 132 Å². The number of hydrogen-bond acceptors (Lipinski definition) is 6. The van der Waals surface area contributed by atoms with Crippen molar-refractivity contribution in [2.75, 3.05) is 21.3 Å². The van der Waals surface area contributed by atoms with Crippen LogP contribution in [-0.4, -0.2) is 38.3 Å². The van der Waals surface area contributed by atoms with Gasteiger partial charge < -0.3 is 14.2 Å². The maximum atomic E-state index is 11.9. The van der Waals surface area contributed by atoms with Crippen LogP contribution in [0.15, 0.2) is 17.7 Å². The minimum Gasteiger partial charge on any atom is -0.496 e. The molecule has 0 aliphatic carbocycles. The van der Waals surface area contributed by atoms with E-state index in [0.717, 1.165) is 0 Å². The SMILES string of the molecule is COc1cc(OC)c(C=C2C(=O)NC(=S)NC2=O)c(OC)c1. The Balaban J connectivity index is 2.56. The molecule has 1 saturated heterocycles. The molecular formula is C14H14N2O5S. The van der Waals surface area contributed by atoms with Gasteiger partial charge in [-0.2, -0.15) is 0 Å². The van der Waals surface area contributed by atoms with Crippen LogP contribution in [0.2, 0.25) is 0 Å². The zero-order valence-corrected chi connectivity index (χ0v) is 13.0. The van der Waals surface area contributed by atoms with E-state index >= 15 is 0 Å². The van der Waals surface area contributed by atoms with Crippen LogP contribution in [0.3, 0.4) is 0 Å². The minimum atomic E-state index is -0.589. The van der Waals surface area contributed by atoms with Crippen LogP contribution in [0.4, 0.5) is 0 Å². The normalized spacial score (nSPS) is 14.1. The summed E-state index contributed by atoms with van der Waals surface area (Å²) >= 11 is 4.75. The van der Waals surface area contributed by atoms with E-state index < -0.39 is 11.8 Å². The average molecular weight is 322 g/mol. The first-order valence-electron chi connectivity index (χ1n) is 6.18. The van der Waals surface area contributed by atoms with Crippen LogP contribution in [0, 0.1) is 0 Å². The fraction of sp³-hybridized carbons (Fsp3) is 0.214. The van der Waals surface area contributed by atoms with Crippen molar-refractivity contribution in [3.63, 3.8) is 0 Å². The third kappa shape index (κ3) is 3.01. The number of amides is 2. The van der Waals surface area contributed by atoms with Gasteiger partial charge in [0.1, 0.15) is 22.8 Å². The van der Waals surface area contributed by atoms with Crippen molar-refractivity contribution in [1.29, 1.82) is 0 Å². The summed E-state index contributed by atoms with van der Waals surface area (Å²) in [6.07, 6.45) is 1.38. The van der Waals surface area contributed by atoms with Crippen molar-refractivity contribution in [3.05, 3.63) is 23.3 Å². The first-order valence-corrected chi connectivity index (χ1v) is 6.59. The molecule has 2 rings (SSSR count). The van der Waals surface area contributed by atoms with E-state index in [0.29, 0.717) is 22.8 Å². The van der Waals surface area contributed by atoms with Gasteiger partial charge in [0.25, 0.3) is 11.8 Å². The Morgan fingerprint density at radius 1 is 0.955 bits per heavy atom. The molecule has 2 N–H and O–H groups in total. The lowest BCUT2D eigenvalue weighted by molar-refractivity contribution is -0.123. The fourth-order valence-corrected chi connectivity index (χ4v) is 2.11. The second kappa shape index (κ2) is 6.44. The average Bonchev–Trinajstić information content (AvgIpc) is 2.50. The van der Waals surface area contributed by atoms with Crippen molar-refractivity contribution in [1.82, 2.24) is 10.6 Å². The van der Waals surface area contributed by atoms with Crippen molar-refractivity contribution >= 4 is 35.2 Å². The van der Waals surface area contributed by atoms with E-state index in [4.69, 9.17) is 26.4 Å². The lowest BCUT2D eigenvalue weighted by Gasteiger charge is -2.18. The summed E-state index contributed by atoms with van der Waals surface area (Å²) in [4.78, 5) is 23.8. The molecule has 0 atom stereocenters. The Morgan fingerprint density at radius 3 is 1.86 bits per heavy atom. The molecule has 7 nitrogen and oxygen atoms in total. The highest BCUT2D eigenvalue weighted by molar-refractivity contribution is 7.80. The molecule has 0 saturated carbocycles.